The minimum Gasteiger partial charge on any atom is -0.489 e. The van der Waals surface area contributed by atoms with Crippen LogP contribution in [-0.2, 0) is 11.4 Å². The third kappa shape index (κ3) is 5.66. The van der Waals surface area contributed by atoms with Gasteiger partial charge in [-0.2, -0.15) is 5.26 Å². The number of amides is 1. The predicted octanol–water partition coefficient (Wildman–Crippen LogP) is 5.88. The van der Waals surface area contributed by atoms with Gasteiger partial charge in [0.2, 0.25) is 5.91 Å². The van der Waals surface area contributed by atoms with Gasteiger partial charge in [-0.25, -0.2) is 0 Å². The molecular weight excluding hydrogens is 421 g/mol. The minimum absolute atomic E-state index is 0.239. The second-order valence-electron chi connectivity index (χ2n) is 6.58. The molecule has 0 saturated heterocycles. The number of nitrogens with one attached hydrogen (secondary N) is 2. The maximum atomic E-state index is 12.4. The van der Waals surface area contributed by atoms with E-state index in [2.05, 4.69) is 16.7 Å². The smallest absolute Gasteiger partial charge is 0.246 e. The van der Waals surface area contributed by atoms with Crippen LogP contribution in [0.15, 0.2) is 66.7 Å². The Hall–Kier alpha value is -3.20. The van der Waals surface area contributed by atoms with Gasteiger partial charge < -0.3 is 15.4 Å². The van der Waals surface area contributed by atoms with Crippen LogP contribution >= 0.6 is 23.2 Å². The molecular formula is C23H19Cl2N3O2. The Labute approximate surface area is 185 Å². The van der Waals surface area contributed by atoms with Crippen LogP contribution in [-0.4, -0.2) is 11.9 Å². The minimum atomic E-state index is -0.500. The number of carbonyl (C=O) groups excluding carboxylic acids is 1. The molecule has 30 heavy (non-hydrogen) atoms. The van der Waals surface area contributed by atoms with Gasteiger partial charge >= 0.3 is 0 Å². The van der Waals surface area contributed by atoms with E-state index in [0.29, 0.717) is 33.7 Å². The highest BCUT2D eigenvalue weighted by molar-refractivity contribution is 6.44. The first-order valence-corrected chi connectivity index (χ1v) is 9.95. The largest absolute Gasteiger partial charge is 0.489 e. The molecule has 0 heterocycles. The molecule has 5 nitrogen and oxygen atoms in total. The normalized spacial score (nSPS) is 11.3. The summed E-state index contributed by atoms with van der Waals surface area (Å²) < 4.78 is 5.76. The van der Waals surface area contributed by atoms with Crippen molar-refractivity contribution in [3.8, 4) is 11.8 Å². The molecule has 1 atom stereocenters. The van der Waals surface area contributed by atoms with E-state index in [0.717, 1.165) is 11.3 Å². The Morgan fingerprint density at radius 2 is 1.83 bits per heavy atom. The molecule has 1 unspecified atom stereocenters. The second kappa shape index (κ2) is 10.0. The highest BCUT2D eigenvalue weighted by Gasteiger charge is 2.15. The molecule has 0 aliphatic carbocycles. The number of anilines is 2. The summed E-state index contributed by atoms with van der Waals surface area (Å²) in [6.45, 7) is 2.11. The lowest BCUT2D eigenvalue weighted by molar-refractivity contribution is -0.116. The van der Waals surface area contributed by atoms with E-state index in [-0.39, 0.29) is 5.91 Å². The number of hydrogen-bond acceptors (Lipinski definition) is 4. The lowest BCUT2D eigenvalue weighted by atomic mass is 10.1. The van der Waals surface area contributed by atoms with Gasteiger partial charge in [0.15, 0.2) is 0 Å². The molecule has 0 spiro atoms. The molecule has 0 aromatic heterocycles. The summed E-state index contributed by atoms with van der Waals surface area (Å²) in [5, 5.41) is 15.5. The first-order chi connectivity index (χ1) is 14.5. The van der Waals surface area contributed by atoms with Crippen molar-refractivity contribution in [2.75, 3.05) is 10.6 Å². The van der Waals surface area contributed by atoms with E-state index in [1.807, 2.05) is 36.4 Å². The first-order valence-electron chi connectivity index (χ1n) is 9.19. The van der Waals surface area contributed by atoms with E-state index in [4.69, 9.17) is 33.2 Å². The van der Waals surface area contributed by atoms with Gasteiger partial charge in [0.1, 0.15) is 18.4 Å². The number of nitriles is 1. The van der Waals surface area contributed by atoms with Crippen LogP contribution in [0.1, 0.15) is 18.1 Å². The predicted molar refractivity (Wildman–Crippen MR) is 120 cm³/mol. The quantitative estimate of drug-likeness (QED) is 0.481. The first kappa shape index (κ1) is 21.5. The van der Waals surface area contributed by atoms with Crippen LogP contribution in [0.2, 0.25) is 10.0 Å². The van der Waals surface area contributed by atoms with Gasteiger partial charge in [-0.3, -0.25) is 4.79 Å². The van der Waals surface area contributed by atoms with Crippen LogP contribution < -0.4 is 15.4 Å². The highest BCUT2D eigenvalue weighted by Crippen LogP contribution is 2.29. The summed E-state index contributed by atoms with van der Waals surface area (Å²) in [6.07, 6.45) is 0. The van der Waals surface area contributed by atoms with Crippen molar-refractivity contribution < 1.29 is 9.53 Å². The summed E-state index contributed by atoms with van der Waals surface area (Å²) in [7, 11) is 0. The zero-order chi connectivity index (χ0) is 21.5. The van der Waals surface area contributed by atoms with Crippen LogP contribution in [0.3, 0.4) is 0 Å². The zero-order valence-corrected chi connectivity index (χ0v) is 17.7. The molecule has 2 N–H and O–H groups in total. The molecule has 0 saturated carbocycles. The van der Waals surface area contributed by atoms with Gasteiger partial charge in [0.25, 0.3) is 0 Å². The van der Waals surface area contributed by atoms with Crippen molar-refractivity contribution in [2.24, 2.45) is 0 Å². The molecule has 0 aliphatic rings. The number of carbonyl (C=O) groups is 1. The zero-order valence-electron chi connectivity index (χ0n) is 16.2. The van der Waals surface area contributed by atoms with Crippen LogP contribution in [0.25, 0.3) is 0 Å². The van der Waals surface area contributed by atoms with E-state index < -0.39 is 6.04 Å². The Bertz CT molecular complexity index is 1080. The molecule has 0 fully saturated rings. The lowest BCUT2D eigenvalue weighted by Gasteiger charge is -2.16. The summed E-state index contributed by atoms with van der Waals surface area (Å²) >= 11 is 12.1. The van der Waals surface area contributed by atoms with E-state index >= 15 is 0 Å². The summed E-state index contributed by atoms with van der Waals surface area (Å²) in [5.74, 6) is 0.447. The fourth-order valence-corrected chi connectivity index (χ4v) is 3.05. The Morgan fingerprint density at radius 3 is 2.57 bits per heavy atom. The monoisotopic (exact) mass is 439 g/mol. The number of nitrogens with zero attached hydrogens (tertiary/aromatic N) is 1. The van der Waals surface area contributed by atoms with Crippen LogP contribution in [0.4, 0.5) is 11.4 Å². The van der Waals surface area contributed by atoms with Crippen LogP contribution in [0, 0.1) is 11.3 Å². The molecule has 3 aromatic carbocycles. The highest BCUT2D eigenvalue weighted by atomic mass is 35.5. The fraction of sp³-hybridized carbons (Fsp3) is 0.130. The van der Waals surface area contributed by atoms with E-state index in [1.165, 1.54) is 0 Å². The molecule has 0 radical (unpaired) electrons. The second-order valence-corrected chi connectivity index (χ2v) is 7.37. The fourth-order valence-electron chi connectivity index (χ4n) is 2.70. The third-order valence-electron chi connectivity index (χ3n) is 4.30. The van der Waals surface area contributed by atoms with Gasteiger partial charge in [0, 0.05) is 5.69 Å². The third-order valence-corrected chi connectivity index (χ3v) is 5.12. The number of rotatable bonds is 7. The van der Waals surface area contributed by atoms with Crippen molar-refractivity contribution in [1.29, 1.82) is 5.26 Å². The molecule has 0 aliphatic heterocycles. The Balaban J connectivity index is 1.54. The van der Waals surface area contributed by atoms with Crippen molar-refractivity contribution in [1.82, 2.24) is 0 Å². The van der Waals surface area contributed by atoms with Crippen molar-refractivity contribution in [2.45, 2.75) is 19.6 Å². The summed E-state index contributed by atoms with van der Waals surface area (Å²) in [5.41, 5.74) is 2.75. The maximum Gasteiger partial charge on any atom is 0.246 e. The summed E-state index contributed by atoms with van der Waals surface area (Å²) in [6, 6.07) is 21.2. The summed E-state index contributed by atoms with van der Waals surface area (Å²) in [4.78, 5) is 12.4. The van der Waals surface area contributed by atoms with Gasteiger partial charge in [-0.1, -0.05) is 41.4 Å². The molecule has 0 bridgehead atoms. The molecule has 3 rings (SSSR count). The number of halogens is 2. The van der Waals surface area contributed by atoms with E-state index in [1.54, 1.807) is 37.3 Å². The molecule has 1 amide bonds. The topological polar surface area (TPSA) is 74.1 Å². The van der Waals surface area contributed by atoms with Gasteiger partial charge in [0.05, 0.1) is 27.4 Å². The van der Waals surface area contributed by atoms with Crippen LogP contribution in [0.5, 0.6) is 5.75 Å². The maximum absolute atomic E-state index is 12.4. The standard InChI is InChI=1S/C23H19Cl2N3O2/c1-15(23(29)28-21-7-3-6-20(24)22(21)25)27-18-8-10-19(11-9-18)30-14-17-5-2-4-16(12-17)13-26/h2-12,15,27H,14H2,1H3,(H,28,29). The average Bonchev–Trinajstić information content (AvgIpc) is 2.76. The Kier molecular flexibility index (Phi) is 7.18. The van der Waals surface area contributed by atoms with E-state index in [9.17, 15) is 4.79 Å². The van der Waals surface area contributed by atoms with Crippen molar-refractivity contribution >= 4 is 40.5 Å². The lowest BCUT2D eigenvalue weighted by Crippen LogP contribution is -2.31. The molecule has 7 heteroatoms. The average molecular weight is 440 g/mol. The Morgan fingerprint density at radius 1 is 1.10 bits per heavy atom. The van der Waals surface area contributed by atoms with Crippen molar-refractivity contribution in [3.63, 3.8) is 0 Å². The van der Waals surface area contributed by atoms with Crippen molar-refractivity contribution in [3.05, 3.63) is 87.9 Å². The van der Waals surface area contributed by atoms with Gasteiger partial charge in [-0.15, -0.1) is 0 Å². The molecule has 3 aromatic rings. The number of benzene rings is 3. The SMILES string of the molecule is CC(Nc1ccc(OCc2cccc(C#N)c2)cc1)C(=O)Nc1cccc(Cl)c1Cl. The molecule has 152 valence electrons. The number of hydrogen-bond donors (Lipinski definition) is 2. The number of ether oxygens (including phenoxy) is 1. The van der Waals surface area contributed by atoms with Gasteiger partial charge in [-0.05, 0) is 61.0 Å².